The molecule has 3 N–H and O–H groups in total. The maximum Gasteiger partial charge on any atom is 0.454 e. The highest BCUT2D eigenvalue weighted by molar-refractivity contribution is 6.03. The third-order valence-corrected chi connectivity index (χ3v) is 3.16. The number of hydrogen-bond donors (Lipinski definition) is 3. The third kappa shape index (κ3) is 2.98. The summed E-state index contributed by atoms with van der Waals surface area (Å²) in [6, 6.07) is 3.98. The van der Waals surface area contributed by atoms with Gasteiger partial charge in [0, 0.05) is 6.20 Å². The molecule has 2 rings (SSSR count). The van der Waals surface area contributed by atoms with Gasteiger partial charge in [-0.3, -0.25) is 4.79 Å². The van der Waals surface area contributed by atoms with Gasteiger partial charge in [0.1, 0.15) is 0 Å². The normalized spacial score (nSPS) is 21.5. The predicted molar refractivity (Wildman–Crippen MR) is 68.6 cm³/mol. The number of carbonyl (C=O) groups is 1. The highest BCUT2D eigenvalue weighted by Crippen LogP contribution is 2.42. The molecule has 0 saturated heterocycles. The first-order chi connectivity index (χ1) is 10.4. The van der Waals surface area contributed by atoms with Crippen molar-refractivity contribution in [2.45, 2.75) is 25.0 Å². The number of aryl methyl sites for hydroxylation is 1. The van der Waals surface area contributed by atoms with Gasteiger partial charge in [0.2, 0.25) is 0 Å². The van der Waals surface area contributed by atoms with Gasteiger partial charge in [0.25, 0.3) is 11.5 Å². The standard InChI is InChI=1S/C13H10F6N2O2/c1-6-2-3-8-9(4-6)21-11(23,13(17,18)19)7(5-20-8)10(22)12(14,15)16/h2-5,20-21,23H,1H3. The molecule has 1 aliphatic rings. The maximum absolute atomic E-state index is 13.2. The number of Topliss-reactive ketones (excluding diaryl/α,β-unsaturated/α-hetero) is 1. The zero-order valence-electron chi connectivity index (χ0n) is 11.4. The number of fused-ring (bicyclic) bond motifs is 1. The molecule has 4 nitrogen and oxygen atoms in total. The Balaban J connectivity index is 2.63. The Bertz CT molecular complexity index is 680. The van der Waals surface area contributed by atoms with Crippen LogP contribution in [0, 0.1) is 6.92 Å². The molecule has 1 aliphatic heterocycles. The lowest BCUT2D eigenvalue weighted by Gasteiger charge is -2.32. The first kappa shape index (κ1) is 17.1. The number of aliphatic hydroxyl groups is 1. The summed E-state index contributed by atoms with van der Waals surface area (Å²) in [5, 5.41) is 13.6. The number of carbonyl (C=O) groups excluding carboxylic acids is 1. The van der Waals surface area contributed by atoms with Crippen molar-refractivity contribution in [3.63, 3.8) is 0 Å². The van der Waals surface area contributed by atoms with Crippen LogP contribution in [-0.2, 0) is 4.79 Å². The minimum atomic E-state index is -5.58. The third-order valence-electron chi connectivity index (χ3n) is 3.16. The van der Waals surface area contributed by atoms with E-state index in [0.29, 0.717) is 5.56 Å². The number of halogens is 6. The lowest BCUT2D eigenvalue weighted by Crippen LogP contribution is -2.56. The fraction of sp³-hybridized carbons (Fsp3) is 0.308. The molecule has 0 spiro atoms. The first-order valence-electron chi connectivity index (χ1n) is 6.13. The van der Waals surface area contributed by atoms with Crippen LogP contribution in [0.3, 0.4) is 0 Å². The summed E-state index contributed by atoms with van der Waals surface area (Å²) in [7, 11) is 0. The summed E-state index contributed by atoms with van der Waals surface area (Å²) in [4.78, 5) is 11.3. The quantitative estimate of drug-likeness (QED) is 0.688. The first-order valence-corrected chi connectivity index (χ1v) is 6.13. The molecule has 1 heterocycles. The topological polar surface area (TPSA) is 61.4 Å². The molecular formula is C13H10F6N2O2. The number of alkyl halides is 6. The van der Waals surface area contributed by atoms with Gasteiger partial charge in [0.15, 0.2) is 0 Å². The van der Waals surface area contributed by atoms with Crippen molar-refractivity contribution in [3.8, 4) is 0 Å². The molecule has 126 valence electrons. The summed E-state index contributed by atoms with van der Waals surface area (Å²) in [5.74, 6) is -2.80. The van der Waals surface area contributed by atoms with Gasteiger partial charge in [-0.25, -0.2) is 0 Å². The summed E-state index contributed by atoms with van der Waals surface area (Å²) < 4.78 is 77.3. The Kier molecular flexibility index (Phi) is 3.84. The van der Waals surface area contributed by atoms with Crippen molar-refractivity contribution >= 4 is 17.2 Å². The van der Waals surface area contributed by atoms with Gasteiger partial charge in [-0.05, 0) is 24.6 Å². The largest absolute Gasteiger partial charge is 0.454 e. The fourth-order valence-corrected chi connectivity index (χ4v) is 2.01. The number of anilines is 2. The second-order valence-corrected chi connectivity index (χ2v) is 4.91. The molecule has 0 fully saturated rings. The van der Waals surface area contributed by atoms with E-state index in [0.717, 1.165) is 0 Å². The van der Waals surface area contributed by atoms with Gasteiger partial charge < -0.3 is 15.7 Å². The van der Waals surface area contributed by atoms with E-state index in [-0.39, 0.29) is 17.6 Å². The summed E-state index contributed by atoms with van der Waals surface area (Å²) >= 11 is 0. The Hall–Kier alpha value is -2.23. The van der Waals surface area contributed by atoms with Crippen LogP contribution in [0.1, 0.15) is 5.56 Å². The van der Waals surface area contributed by atoms with Crippen LogP contribution in [0.2, 0.25) is 0 Å². The summed E-state index contributed by atoms with van der Waals surface area (Å²) in [6.07, 6.45) is -11.0. The molecule has 23 heavy (non-hydrogen) atoms. The van der Waals surface area contributed by atoms with Crippen molar-refractivity contribution in [2.24, 2.45) is 0 Å². The summed E-state index contributed by atoms with van der Waals surface area (Å²) in [5.41, 5.74) is -5.92. The molecule has 0 aromatic heterocycles. The number of benzene rings is 1. The maximum atomic E-state index is 13.2. The zero-order valence-corrected chi connectivity index (χ0v) is 11.4. The molecule has 1 aromatic carbocycles. The Morgan fingerprint density at radius 2 is 1.74 bits per heavy atom. The zero-order chi connectivity index (χ0) is 17.6. The van der Waals surface area contributed by atoms with E-state index in [9.17, 15) is 36.2 Å². The fourth-order valence-electron chi connectivity index (χ4n) is 2.01. The van der Waals surface area contributed by atoms with E-state index >= 15 is 0 Å². The molecule has 0 amide bonds. The monoisotopic (exact) mass is 340 g/mol. The Labute approximate surface area is 125 Å². The Morgan fingerprint density at radius 1 is 1.13 bits per heavy atom. The second kappa shape index (κ2) is 5.15. The lowest BCUT2D eigenvalue weighted by molar-refractivity contribution is -0.235. The van der Waals surface area contributed by atoms with E-state index < -0.39 is 29.4 Å². The molecule has 10 heteroatoms. The van der Waals surface area contributed by atoms with Crippen LogP contribution in [0.5, 0.6) is 0 Å². The van der Waals surface area contributed by atoms with Crippen LogP contribution in [0.4, 0.5) is 37.7 Å². The van der Waals surface area contributed by atoms with E-state index in [1.54, 1.807) is 5.32 Å². The van der Waals surface area contributed by atoms with Gasteiger partial charge in [-0.2, -0.15) is 26.3 Å². The molecule has 0 bridgehead atoms. The van der Waals surface area contributed by atoms with Crippen LogP contribution >= 0.6 is 0 Å². The van der Waals surface area contributed by atoms with Crippen molar-refractivity contribution < 1.29 is 36.2 Å². The highest BCUT2D eigenvalue weighted by Gasteiger charge is 2.62. The molecule has 0 saturated carbocycles. The SMILES string of the molecule is Cc1ccc2c(c1)NC(O)(C(F)(F)F)C(C(=O)C(F)(F)F)=CN2. The average Bonchev–Trinajstić information content (AvgIpc) is 2.52. The van der Waals surface area contributed by atoms with E-state index in [1.165, 1.54) is 25.1 Å². The van der Waals surface area contributed by atoms with Crippen molar-refractivity contribution in [1.82, 2.24) is 0 Å². The van der Waals surface area contributed by atoms with E-state index in [4.69, 9.17) is 0 Å². The smallest absolute Gasteiger partial charge is 0.360 e. The minimum absolute atomic E-state index is 0.0248. The van der Waals surface area contributed by atoms with Gasteiger partial charge >= 0.3 is 12.4 Å². The molecule has 1 unspecified atom stereocenters. The summed E-state index contributed by atoms with van der Waals surface area (Å²) in [6.45, 7) is 1.54. The van der Waals surface area contributed by atoms with Crippen molar-refractivity contribution in [2.75, 3.05) is 10.6 Å². The predicted octanol–water partition coefficient (Wildman–Crippen LogP) is 3.10. The van der Waals surface area contributed by atoms with E-state index in [2.05, 4.69) is 5.32 Å². The van der Waals surface area contributed by atoms with Gasteiger partial charge in [-0.15, -0.1) is 0 Å². The molecule has 1 aromatic rings. The van der Waals surface area contributed by atoms with Crippen LogP contribution in [0.25, 0.3) is 0 Å². The number of rotatable bonds is 1. The Morgan fingerprint density at radius 3 is 2.26 bits per heavy atom. The lowest BCUT2D eigenvalue weighted by atomic mass is 9.98. The van der Waals surface area contributed by atoms with Crippen LogP contribution in [-0.4, -0.2) is 29.0 Å². The van der Waals surface area contributed by atoms with Gasteiger partial charge in [0.05, 0.1) is 16.9 Å². The van der Waals surface area contributed by atoms with Crippen molar-refractivity contribution in [3.05, 3.63) is 35.5 Å². The molecule has 1 atom stereocenters. The van der Waals surface area contributed by atoms with Gasteiger partial charge in [-0.1, -0.05) is 6.07 Å². The average molecular weight is 340 g/mol. The second-order valence-electron chi connectivity index (χ2n) is 4.91. The number of nitrogens with one attached hydrogen (secondary N) is 2. The van der Waals surface area contributed by atoms with Crippen LogP contribution < -0.4 is 10.6 Å². The molecule has 0 aliphatic carbocycles. The van der Waals surface area contributed by atoms with Crippen LogP contribution in [0.15, 0.2) is 30.0 Å². The number of ketones is 1. The minimum Gasteiger partial charge on any atom is -0.360 e. The number of hydrogen-bond acceptors (Lipinski definition) is 4. The van der Waals surface area contributed by atoms with Crippen molar-refractivity contribution in [1.29, 1.82) is 0 Å². The van der Waals surface area contributed by atoms with E-state index in [1.807, 2.05) is 0 Å². The molecular weight excluding hydrogens is 330 g/mol. The molecule has 0 radical (unpaired) electrons. The highest BCUT2D eigenvalue weighted by atomic mass is 19.4.